The second-order valence-electron chi connectivity index (χ2n) is 8.59. The van der Waals surface area contributed by atoms with Crippen LogP contribution in [-0.4, -0.2) is 17.5 Å². The molecule has 25 heavy (non-hydrogen) atoms. The highest BCUT2D eigenvalue weighted by atomic mass is 16.2. The van der Waals surface area contributed by atoms with E-state index in [4.69, 9.17) is 0 Å². The van der Waals surface area contributed by atoms with Crippen molar-refractivity contribution in [2.45, 2.75) is 53.1 Å². The summed E-state index contributed by atoms with van der Waals surface area (Å²) in [5.41, 5.74) is 0.807. The van der Waals surface area contributed by atoms with Crippen LogP contribution in [0.5, 0.6) is 0 Å². The second kappa shape index (κ2) is 6.15. The number of hydrogen-bond donors (Lipinski definition) is 2. The maximum Gasteiger partial charge on any atom is 0.218 e. The van der Waals surface area contributed by atoms with Crippen molar-refractivity contribution >= 4 is 11.8 Å². The largest absolute Gasteiger partial charge is 0.333 e. The first-order valence-corrected chi connectivity index (χ1v) is 9.30. The summed E-state index contributed by atoms with van der Waals surface area (Å²) in [6.07, 6.45) is 1.91. The van der Waals surface area contributed by atoms with Crippen molar-refractivity contribution in [3.63, 3.8) is 0 Å². The molecule has 2 aliphatic rings. The molecule has 2 saturated carbocycles. The molecular weight excluding hydrogens is 312 g/mol. The van der Waals surface area contributed by atoms with Crippen molar-refractivity contribution in [3.05, 3.63) is 35.9 Å². The normalized spacial score (nSPS) is 31.6. The van der Waals surface area contributed by atoms with Crippen LogP contribution < -0.4 is 10.6 Å². The lowest BCUT2D eigenvalue weighted by Crippen LogP contribution is -2.70. The Morgan fingerprint density at radius 3 is 2.12 bits per heavy atom. The Morgan fingerprint density at radius 1 is 1.04 bits per heavy atom. The highest BCUT2D eigenvalue weighted by molar-refractivity contribution is 5.78. The first-order valence-electron chi connectivity index (χ1n) is 9.30. The van der Waals surface area contributed by atoms with Gasteiger partial charge in [0.15, 0.2) is 0 Å². The van der Waals surface area contributed by atoms with Gasteiger partial charge in [0.25, 0.3) is 0 Å². The Balaban J connectivity index is 2.05. The van der Waals surface area contributed by atoms with Gasteiger partial charge in [-0.25, -0.2) is 0 Å². The van der Waals surface area contributed by atoms with Crippen LogP contribution in [0.15, 0.2) is 30.3 Å². The number of fused-ring (bicyclic) bond motifs is 2. The van der Waals surface area contributed by atoms with Gasteiger partial charge in [0.2, 0.25) is 11.8 Å². The van der Waals surface area contributed by atoms with Gasteiger partial charge in [-0.15, -0.1) is 0 Å². The molecule has 2 aliphatic carbocycles. The van der Waals surface area contributed by atoms with E-state index in [0.29, 0.717) is 11.8 Å². The van der Waals surface area contributed by atoms with Gasteiger partial charge in [-0.3, -0.25) is 9.59 Å². The molecule has 0 spiro atoms. The molecule has 0 saturated heterocycles. The first-order chi connectivity index (χ1) is 11.7. The number of nitrogens with one attached hydrogen (secondary N) is 2. The van der Waals surface area contributed by atoms with E-state index >= 15 is 0 Å². The average molecular weight is 342 g/mol. The maximum absolute atomic E-state index is 12.1. The molecule has 136 valence electrons. The first kappa shape index (κ1) is 18.0. The SMILES string of the molecule is CC(=O)NC1(NC(C)=O)[C@@H]2C[C@H]([C@@H]1Cc1ccccc1)C(C)(C)[C@H]2C. The third-order valence-corrected chi connectivity index (χ3v) is 6.96. The molecule has 4 nitrogen and oxygen atoms in total. The number of rotatable bonds is 4. The number of hydrogen-bond acceptors (Lipinski definition) is 2. The van der Waals surface area contributed by atoms with Crippen molar-refractivity contribution in [1.82, 2.24) is 10.6 Å². The molecule has 0 aromatic heterocycles. The highest BCUT2D eigenvalue weighted by Crippen LogP contribution is 2.65. The van der Waals surface area contributed by atoms with E-state index < -0.39 is 5.66 Å². The van der Waals surface area contributed by atoms with Crippen LogP contribution in [0, 0.1) is 29.1 Å². The zero-order chi connectivity index (χ0) is 18.4. The minimum Gasteiger partial charge on any atom is -0.333 e. The predicted octanol–water partition coefficient (Wildman–Crippen LogP) is 3.13. The summed E-state index contributed by atoms with van der Waals surface area (Å²) in [7, 11) is 0. The molecule has 0 radical (unpaired) electrons. The van der Waals surface area contributed by atoms with Gasteiger partial charge in [-0.2, -0.15) is 0 Å². The smallest absolute Gasteiger partial charge is 0.218 e. The number of benzene rings is 1. The molecular formula is C21H30N2O2. The van der Waals surface area contributed by atoms with Crippen LogP contribution in [0.4, 0.5) is 0 Å². The minimum absolute atomic E-state index is 0.0793. The molecule has 2 amide bonds. The predicted molar refractivity (Wildman–Crippen MR) is 98.5 cm³/mol. The van der Waals surface area contributed by atoms with E-state index in [0.717, 1.165) is 12.8 Å². The van der Waals surface area contributed by atoms with Gasteiger partial charge >= 0.3 is 0 Å². The lowest BCUT2D eigenvalue weighted by molar-refractivity contribution is -0.131. The van der Waals surface area contributed by atoms with Crippen LogP contribution in [-0.2, 0) is 16.0 Å². The van der Waals surface area contributed by atoms with Crippen LogP contribution >= 0.6 is 0 Å². The average Bonchev–Trinajstić information content (AvgIpc) is 2.92. The van der Waals surface area contributed by atoms with Crippen molar-refractivity contribution in [2.24, 2.45) is 29.1 Å². The van der Waals surface area contributed by atoms with E-state index in [1.165, 1.54) is 5.56 Å². The summed E-state index contributed by atoms with van der Waals surface area (Å²) in [5, 5.41) is 6.37. The fourth-order valence-corrected chi connectivity index (χ4v) is 5.65. The standard InChI is InChI=1S/C21H30N2O2/c1-13-17-12-18(20(13,4)5)19(11-16-9-7-6-8-10-16)21(17,22-14(2)24)23-15(3)25/h6-10,13,17-19H,11-12H2,1-5H3,(H,22,24)(H,23,25)/t13-,17+,18+,19-/m0/s1. The van der Waals surface area contributed by atoms with E-state index in [1.54, 1.807) is 13.8 Å². The molecule has 1 aromatic rings. The molecule has 1 aromatic carbocycles. The fraction of sp³-hybridized carbons (Fsp3) is 0.619. The molecule has 2 bridgehead atoms. The van der Waals surface area contributed by atoms with E-state index in [2.05, 4.69) is 55.7 Å². The third kappa shape index (κ3) is 2.86. The van der Waals surface area contributed by atoms with Gasteiger partial charge in [0, 0.05) is 25.7 Å². The van der Waals surface area contributed by atoms with Gasteiger partial charge < -0.3 is 10.6 Å². The summed E-state index contributed by atoms with van der Waals surface area (Å²) >= 11 is 0. The van der Waals surface area contributed by atoms with Crippen molar-refractivity contribution in [2.75, 3.05) is 0 Å². The van der Waals surface area contributed by atoms with Crippen molar-refractivity contribution in [1.29, 1.82) is 0 Å². The lowest BCUT2D eigenvalue weighted by Gasteiger charge is -2.53. The zero-order valence-electron chi connectivity index (χ0n) is 15.9. The Labute approximate surface area is 150 Å². The molecule has 0 aliphatic heterocycles. The molecule has 2 N–H and O–H groups in total. The molecule has 2 fully saturated rings. The molecule has 4 atom stereocenters. The van der Waals surface area contributed by atoms with Crippen molar-refractivity contribution < 1.29 is 9.59 Å². The van der Waals surface area contributed by atoms with Crippen LogP contribution in [0.1, 0.15) is 46.6 Å². The van der Waals surface area contributed by atoms with Gasteiger partial charge in [-0.05, 0) is 35.7 Å². The zero-order valence-corrected chi connectivity index (χ0v) is 15.9. The second-order valence-corrected chi connectivity index (χ2v) is 8.59. The molecule has 0 unspecified atom stereocenters. The van der Waals surface area contributed by atoms with Crippen molar-refractivity contribution in [3.8, 4) is 0 Å². The Bertz CT molecular complexity index is 652. The van der Waals surface area contributed by atoms with Gasteiger partial charge in [0.1, 0.15) is 5.66 Å². The van der Waals surface area contributed by atoms with E-state index in [-0.39, 0.29) is 29.1 Å². The fourth-order valence-electron chi connectivity index (χ4n) is 5.65. The Morgan fingerprint density at radius 2 is 1.60 bits per heavy atom. The molecule has 3 rings (SSSR count). The van der Waals surface area contributed by atoms with Gasteiger partial charge in [0.05, 0.1) is 0 Å². The van der Waals surface area contributed by atoms with Crippen LogP contribution in [0.2, 0.25) is 0 Å². The Hall–Kier alpha value is -1.84. The number of carbonyl (C=O) groups is 2. The number of carbonyl (C=O) groups excluding carboxylic acids is 2. The quantitative estimate of drug-likeness (QED) is 0.826. The topological polar surface area (TPSA) is 58.2 Å². The van der Waals surface area contributed by atoms with Gasteiger partial charge in [-0.1, -0.05) is 51.1 Å². The van der Waals surface area contributed by atoms with E-state index in [1.807, 2.05) is 6.07 Å². The summed E-state index contributed by atoms with van der Waals surface area (Å²) in [4.78, 5) is 24.1. The summed E-state index contributed by atoms with van der Waals surface area (Å²) in [6.45, 7) is 10.0. The summed E-state index contributed by atoms with van der Waals surface area (Å²) in [6, 6.07) is 10.4. The lowest BCUT2D eigenvalue weighted by atomic mass is 9.60. The van der Waals surface area contributed by atoms with Crippen LogP contribution in [0.25, 0.3) is 0 Å². The summed E-state index contributed by atoms with van der Waals surface area (Å²) in [5.74, 6) is 1.19. The Kier molecular flexibility index (Phi) is 4.42. The number of amides is 2. The van der Waals surface area contributed by atoms with E-state index in [9.17, 15) is 9.59 Å². The molecule has 4 heteroatoms. The maximum atomic E-state index is 12.1. The minimum atomic E-state index is -0.646. The summed E-state index contributed by atoms with van der Waals surface area (Å²) < 4.78 is 0. The monoisotopic (exact) mass is 342 g/mol. The third-order valence-electron chi connectivity index (χ3n) is 6.96. The highest BCUT2D eigenvalue weighted by Gasteiger charge is 2.67. The molecule has 0 heterocycles. The van der Waals surface area contributed by atoms with Crippen LogP contribution in [0.3, 0.4) is 0 Å².